The van der Waals surface area contributed by atoms with Gasteiger partial charge in [-0.2, -0.15) is 4.80 Å². The van der Waals surface area contributed by atoms with Gasteiger partial charge in [-0.3, -0.25) is 4.79 Å². The fourth-order valence-electron chi connectivity index (χ4n) is 2.67. The molecule has 1 aromatic carbocycles. The molecule has 1 atom stereocenters. The maximum absolute atomic E-state index is 13.2. The third-order valence-electron chi connectivity index (χ3n) is 3.77. The number of amides is 1. The summed E-state index contributed by atoms with van der Waals surface area (Å²) in [6.07, 6.45) is 0.375. The number of nitrogens with one attached hydrogen (secondary N) is 1. The van der Waals surface area contributed by atoms with Gasteiger partial charge in [-0.05, 0) is 30.7 Å². The molecule has 1 saturated heterocycles. The molecule has 2 aromatic rings. The van der Waals surface area contributed by atoms with Crippen LogP contribution in [0.2, 0.25) is 0 Å². The zero-order valence-electron chi connectivity index (χ0n) is 12.9. The van der Waals surface area contributed by atoms with Gasteiger partial charge in [0.2, 0.25) is 11.7 Å². The molecule has 1 amide bonds. The van der Waals surface area contributed by atoms with E-state index >= 15 is 0 Å². The van der Waals surface area contributed by atoms with Gasteiger partial charge in [-0.25, -0.2) is 12.8 Å². The van der Waals surface area contributed by atoms with Crippen LogP contribution in [0.1, 0.15) is 13.3 Å². The van der Waals surface area contributed by atoms with Crippen molar-refractivity contribution in [2.24, 2.45) is 0 Å². The first kappa shape index (κ1) is 16.5. The number of hydrogen-bond acceptors (Lipinski definition) is 6. The predicted octanol–water partition coefficient (Wildman–Crippen LogP) is 0.173. The van der Waals surface area contributed by atoms with Crippen molar-refractivity contribution in [3.05, 3.63) is 30.1 Å². The Balaban J connectivity index is 1.66. The van der Waals surface area contributed by atoms with Crippen LogP contribution >= 0.6 is 0 Å². The number of carbonyl (C=O) groups excluding carboxylic acids is 1. The van der Waals surface area contributed by atoms with Gasteiger partial charge in [0.15, 0.2) is 9.84 Å². The first-order valence-electron chi connectivity index (χ1n) is 7.30. The zero-order chi connectivity index (χ0) is 17.4. The highest BCUT2D eigenvalue weighted by Gasteiger charge is 2.39. The Morgan fingerprint density at radius 2 is 2.25 bits per heavy atom. The molecular weight excluding hydrogens is 337 g/mol. The summed E-state index contributed by atoms with van der Waals surface area (Å²) in [5.74, 6) is -0.633. The summed E-state index contributed by atoms with van der Waals surface area (Å²) in [4.78, 5) is 13.2. The average Bonchev–Trinajstić information content (AvgIpc) is 3.03. The van der Waals surface area contributed by atoms with Crippen molar-refractivity contribution in [2.75, 3.05) is 11.5 Å². The summed E-state index contributed by atoms with van der Waals surface area (Å²) in [5.41, 5.74) is -0.322. The lowest BCUT2D eigenvalue weighted by Crippen LogP contribution is -2.48. The van der Waals surface area contributed by atoms with E-state index in [9.17, 15) is 17.6 Å². The van der Waals surface area contributed by atoms with Crippen LogP contribution in [0.15, 0.2) is 24.3 Å². The number of sulfone groups is 1. The van der Waals surface area contributed by atoms with Crippen LogP contribution in [-0.2, 0) is 21.2 Å². The smallest absolute Gasteiger partial charge is 0.244 e. The zero-order valence-corrected chi connectivity index (χ0v) is 13.8. The van der Waals surface area contributed by atoms with Crippen LogP contribution in [0, 0.1) is 5.82 Å². The Labute approximate surface area is 138 Å². The Bertz CT molecular complexity index is 882. The van der Waals surface area contributed by atoms with Gasteiger partial charge in [0.25, 0.3) is 0 Å². The summed E-state index contributed by atoms with van der Waals surface area (Å²) < 4.78 is 36.3. The summed E-state index contributed by atoms with van der Waals surface area (Å²) in [6.45, 7) is 1.50. The lowest BCUT2D eigenvalue weighted by molar-refractivity contribution is -0.123. The minimum absolute atomic E-state index is 0.0646. The normalized spacial score (nSPS) is 22.4. The van der Waals surface area contributed by atoms with Gasteiger partial charge in [-0.15, -0.1) is 10.2 Å². The molecule has 128 valence electrons. The molecular formula is C14H16FN5O3S. The highest BCUT2D eigenvalue weighted by atomic mass is 32.2. The van der Waals surface area contributed by atoms with E-state index in [0.29, 0.717) is 12.0 Å². The van der Waals surface area contributed by atoms with Crippen molar-refractivity contribution >= 4 is 15.7 Å². The van der Waals surface area contributed by atoms with E-state index in [1.807, 2.05) is 0 Å². The minimum atomic E-state index is -3.11. The molecule has 1 N–H and O–H groups in total. The molecule has 0 bridgehead atoms. The second-order valence-electron chi connectivity index (χ2n) is 6.10. The van der Waals surface area contributed by atoms with Crippen LogP contribution in [0.25, 0.3) is 11.4 Å². The summed E-state index contributed by atoms with van der Waals surface area (Å²) in [6, 6.07) is 5.73. The van der Waals surface area contributed by atoms with E-state index in [2.05, 4.69) is 20.7 Å². The first-order valence-corrected chi connectivity index (χ1v) is 9.12. The standard InChI is InChI=1S/C14H16FN5O3S/c1-14(5-6-24(22,23)9-14)16-12(21)8-20-18-13(17-19-20)10-3-2-4-11(15)7-10/h2-4,7H,5-6,8-9H2,1H3,(H,16,21)/t14-/m1/s1. The molecule has 3 rings (SSSR count). The fraction of sp³-hybridized carbons (Fsp3) is 0.429. The van der Waals surface area contributed by atoms with Crippen LogP contribution in [0.5, 0.6) is 0 Å². The van der Waals surface area contributed by atoms with Gasteiger partial charge in [0.1, 0.15) is 12.4 Å². The number of benzene rings is 1. The summed E-state index contributed by atoms with van der Waals surface area (Å²) >= 11 is 0. The van der Waals surface area contributed by atoms with E-state index in [4.69, 9.17) is 0 Å². The predicted molar refractivity (Wildman–Crippen MR) is 83.0 cm³/mol. The molecule has 0 saturated carbocycles. The summed E-state index contributed by atoms with van der Waals surface area (Å²) in [5, 5.41) is 14.3. The Kier molecular flexibility index (Phi) is 4.08. The molecule has 8 nitrogen and oxygen atoms in total. The highest BCUT2D eigenvalue weighted by molar-refractivity contribution is 7.91. The van der Waals surface area contributed by atoms with Crippen LogP contribution in [0.3, 0.4) is 0 Å². The molecule has 24 heavy (non-hydrogen) atoms. The minimum Gasteiger partial charge on any atom is -0.348 e. The number of tetrazole rings is 1. The third kappa shape index (κ3) is 3.75. The number of rotatable bonds is 4. The van der Waals surface area contributed by atoms with Gasteiger partial charge >= 0.3 is 0 Å². The third-order valence-corrected chi connectivity index (χ3v) is 5.67. The van der Waals surface area contributed by atoms with Gasteiger partial charge in [0.05, 0.1) is 17.0 Å². The molecule has 1 aliphatic heterocycles. The summed E-state index contributed by atoms with van der Waals surface area (Å²) in [7, 11) is -3.11. The van der Waals surface area contributed by atoms with Gasteiger partial charge in [-0.1, -0.05) is 12.1 Å². The molecule has 1 fully saturated rings. The second-order valence-corrected chi connectivity index (χ2v) is 8.29. The van der Waals surface area contributed by atoms with E-state index in [1.165, 1.54) is 18.2 Å². The van der Waals surface area contributed by atoms with Crippen LogP contribution < -0.4 is 5.32 Å². The first-order chi connectivity index (χ1) is 11.2. The number of aromatic nitrogens is 4. The SMILES string of the molecule is C[C@@]1(NC(=O)Cn2nnc(-c3cccc(F)c3)n2)CCS(=O)(=O)C1. The van der Waals surface area contributed by atoms with Crippen molar-refractivity contribution in [2.45, 2.75) is 25.4 Å². The second kappa shape index (κ2) is 5.93. The van der Waals surface area contributed by atoms with Crippen molar-refractivity contribution in [1.29, 1.82) is 0 Å². The number of halogens is 1. The molecule has 1 aromatic heterocycles. The average molecular weight is 353 g/mol. The monoisotopic (exact) mass is 353 g/mol. The molecule has 10 heteroatoms. The van der Waals surface area contributed by atoms with Crippen molar-refractivity contribution in [3.8, 4) is 11.4 Å². The van der Waals surface area contributed by atoms with Crippen LogP contribution in [-0.4, -0.2) is 51.6 Å². The topological polar surface area (TPSA) is 107 Å². The van der Waals surface area contributed by atoms with Crippen molar-refractivity contribution in [3.63, 3.8) is 0 Å². The van der Waals surface area contributed by atoms with Gasteiger partial charge < -0.3 is 5.32 Å². The lowest BCUT2D eigenvalue weighted by atomic mass is 10.0. The molecule has 0 aliphatic carbocycles. The van der Waals surface area contributed by atoms with E-state index in [-0.39, 0.29) is 23.9 Å². The van der Waals surface area contributed by atoms with E-state index < -0.39 is 27.1 Å². The van der Waals surface area contributed by atoms with Gasteiger partial charge in [0, 0.05) is 5.56 Å². The van der Waals surface area contributed by atoms with Crippen LogP contribution in [0.4, 0.5) is 4.39 Å². The molecule has 0 radical (unpaired) electrons. The maximum Gasteiger partial charge on any atom is 0.244 e. The number of nitrogens with zero attached hydrogens (tertiary/aromatic N) is 4. The quantitative estimate of drug-likeness (QED) is 0.840. The largest absolute Gasteiger partial charge is 0.348 e. The van der Waals surface area contributed by atoms with Crippen molar-refractivity contribution in [1.82, 2.24) is 25.5 Å². The molecule has 2 heterocycles. The van der Waals surface area contributed by atoms with Crippen molar-refractivity contribution < 1.29 is 17.6 Å². The Hall–Kier alpha value is -2.36. The van der Waals surface area contributed by atoms with E-state index in [1.54, 1.807) is 13.0 Å². The fourth-order valence-corrected chi connectivity index (χ4v) is 4.76. The Morgan fingerprint density at radius 1 is 1.46 bits per heavy atom. The molecule has 0 unspecified atom stereocenters. The number of carbonyl (C=O) groups is 1. The number of hydrogen-bond donors (Lipinski definition) is 1. The maximum atomic E-state index is 13.2. The van der Waals surface area contributed by atoms with E-state index in [0.717, 1.165) is 4.80 Å². The molecule has 0 spiro atoms. The molecule has 1 aliphatic rings. The lowest BCUT2D eigenvalue weighted by Gasteiger charge is -2.23. The Morgan fingerprint density at radius 3 is 2.92 bits per heavy atom. The highest BCUT2D eigenvalue weighted by Crippen LogP contribution is 2.22.